The third-order valence-electron chi connectivity index (χ3n) is 4.11. The maximum Gasteiger partial charge on any atom is 0.267 e. The Balaban J connectivity index is 1.80. The van der Waals surface area contributed by atoms with Crippen LogP contribution in [0, 0.1) is 13.8 Å². The zero-order valence-electron chi connectivity index (χ0n) is 15.0. The summed E-state index contributed by atoms with van der Waals surface area (Å²) in [6, 6.07) is 12.9. The number of carbonyl (C=O) groups excluding carboxylic acids is 1. The molecule has 6 nitrogen and oxygen atoms in total. The number of nitrogens with one attached hydrogen (secondary N) is 1. The second-order valence-corrected chi connectivity index (χ2v) is 6.54. The van der Waals surface area contributed by atoms with Crippen LogP contribution >= 0.6 is 11.6 Å². The molecule has 0 bridgehead atoms. The molecule has 138 valence electrons. The molecule has 7 heteroatoms. The first-order valence-electron chi connectivity index (χ1n) is 8.31. The summed E-state index contributed by atoms with van der Waals surface area (Å²) in [4.78, 5) is 19.2. The number of anilines is 1. The molecule has 0 saturated carbocycles. The van der Waals surface area contributed by atoms with Crippen molar-refractivity contribution >= 4 is 23.3 Å². The van der Waals surface area contributed by atoms with E-state index in [4.69, 9.17) is 22.1 Å². The van der Waals surface area contributed by atoms with Gasteiger partial charge in [-0.2, -0.15) is 0 Å². The lowest BCUT2D eigenvalue weighted by Gasteiger charge is -2.14. The van der Waals surface area contributed by atoms with Gasteiger partial charge in [0.15, 0.2) is 0 Å². The maximum absolute atomic E-state index is 11.2. The normalized spacial score (nSPS) is 10.5. The van der Waals surface area contributed by atoms with E-state index in [1.807, 2.05) is 37.3 Å². The number of hydrogen-bond donors (Lipinski definition) is 2. The molecule has 0 saturated heterocycles. The van der Waals surface area contributed by atoms with E-state index in [0.717, 1.165) is 16.9 Å². The van der Waals surface area contributed by atoms with Gasteiger partial charge in [-0.15, -0.1) is 0 Å². The molecule has 0 unspecified atom stereocenters. The predicted octanol–water partition coefficient (Wildman–Crippen LogP) is 4.25. The van der Waals surface area contributed by atoms with Crippen molar-refractivity contribution in [3.05, 3.63) is 76.2 Å². The summed E-state index contributed by atoms with van der Waals surface area (Å²) in [7, 11) is 0. The third kappa shape index (κ3) is 4.74. The Morgan fingerprint density at radius 2 is 1.93 bits per heavy atom. The highest BCUT2D eigenvalue weighted by molar-refractivity contribution is 6.30. The summed E-state index contributed by atoms with van der Waals surface area (Å²) in [5.74, 6) is 1.30. The number of nitrogens with zero attached hydrogens (tertiary/aromatic N) is 2. The van der Waals surface area contributed by atoms with E-state index in [0.29, 0.717) is 23.1 Å². The van der Waals surface area contributed by atoms with E-state index in [2.05, 4.69) is 22.2 Å². The Labute approximate surface area is 162 Å². The average molecular weight is 383 g/mol. The van der Waals surface area contributed by atoms with Crippen LogP contribution in [0.3, 0.4) is 0 Å². The van der Waals surface area contributed by atoms with Gasteiger partial charge < -0.3 is 15.8 Å². The average Bonchev–Trinajstić information content (AvgIpc) is 2.65. The van der Waals surface area contributed by atoms with E-state index >= 15 is 0 Å². The second-order valence-electron chi connectivity index (χ2n) is 6.11. The van der Waals surface area contributed by atoms with Crippen molar-refractivity contribution < 1.29 is 9.53 Å². The van der Waals surface area contributed by atoms with E-state index in [9.17, 15) is 4.79 Å². The van der Waals surface area contributed by atoms with E-state index in [-0.39, 0.29) is 5.69 Å². The molecule has 0 fully saturated rings. The van der Waals surface area contributed by atoms with Crippen molar-refractivity contribution in [3.63, 3.8) is 0 Å². The number of ether oxygens (including phenoxy) is 1. The molecule has 1 aromatic heterocycles. The molecular weight excluding hydrogens is 364 g/mol. The molecule has 0 aliphatic rings. The van der Waals surface area contributed by atoms with Crippen molar-refractivity contribution in [2.24, 2.45) is 5.73 Å². The summed E-state index contributed by atoms with van der Waals surface area (Å²) < 4.78 is 6.05. The fourth-order valence-electron chi connectivity index (χ4n) is 2.46. The molecule has 0 atom stereocenters. The molecule has 27 heavy (non-hydrogen) atoms. The fraction of sp³-hybridized carbons (Fsp3) is 0.150. The molecule has 3 N–H and O–H groups in total. The van der Waals surface area contributed by atoms with Crippen LogP contribution in [0.1, 0.15) is 27.2 Å². The van der Waals surface area contributed by atoms with Crippen LogP contribution in [0.25, 0.3) is 0 Å². The van der Waals surface area contributed by atoms with Crippen molar-refractivity contribution in [3.8, 4) is 11.5 Å². The lowest BCUT2D eigenvalue weighted by Crippen LogP contribution is -2.14. The van der Waals surface area contributed by atoms with Gasteiger partial charge in [-0.1, -0.05) is 17.7 Å². The lowest BCUT2D eigenvalue weighted by molar-refractivity contribution is 0.0995. The Morgan fingerprint density at radius 3 is 2.67 bits per heavy atom. The van der Waals surface area contributed by atoms with Crippen LogP contribution in [-0.4, -0.2) is 15.9 Å². The number of aryl methyl sites for hydroxylation is 2. The van der Waals surface area contributed by atoms with Crippen LogP contribution in [0.5, 0.6) is 11.5 Å². The first-order valence-corrected chi connectivity index (χ1v) is 8.69. The molecule has 1 heterocycles. The Bertz CT molecular complexity index is 991. The molecule has 3 aromatic rings. The van der Waals surface area contributed by atoms with Crippen molar-refractivity contribution in [2.45, 2.75) is 20.4 Å². The first-order chi connectivity index (χ1) is 12.9. The molecular formula is C20H19ClN4O2. The zero-order valence-corrected chi connectivity index (χ0v) is 15.7. The van der Waals surface area contributed by atoms with Gasteiger partial charge in [-0.25, -0.2) is 9.97 Å². The standard InChI is InChI=1S/C20H19ClN4O2/c1-12-3-5-16(7-13(12)2)27-18-6-4-15(21)8-14(18)10-23-19-9-17(20(22)26)24-11-25-19/h3-9,11H,10H2,1-2H3,(H2,22,26)(H,23,24,25). The van der Waals surface area contributed by atoms with Crippen LogP contribution in [0.15, 0.2) is 48.8 Å². The van der Waals surface area contributed by atoms with Gasteiger partial charge in [-0.05, 0) is 55.3 Å². The van der Waals surface area contributed by atoms with Gasteiger partial charge in [0.2, 0.25) is 0 Å². The summed E-state index contributed by atoms with van der Waals surface area (Å²) in [6.45, 7) is 4.49. The number of carbonyl (C=O) groups is 1. The minimum absolute atomic E-state index is 0.144. The quantitative estimate of drug-likeness (QED) is 0.665. The van der Waals surface area contributed by atoms with Gasteiger partial charge in [0.25, 0.3) is 5.91 Å². The van der Waals surface area contributed by atoms with Crippen molar-refractivity contribution in [1.29, 1.82) is 0 Å². The monoisotopic (exact) mass is 382 g/mol. The summed E-state index contributed by atoms with van der Waals surface area (Å²) in [6.07, 6.45) is 1.28. The highest BCUT2D eigenvalue weighted by atomic mass is 35.5. The number of benzene rings is 2. The maximum atomic E-state index is 11.2. The molecule has 0 spiro atoms. The molecule has 0 aliphatic heterocycles. The van der Waals surface area contributed by atoms with Crippen LogP contribution in [-0.2, 0) is 6.54 Å². The minimum atomic E-state index is -0.609. The van der Waals surface area contributed by atoms with E-state index in [1.165, 1.54) is 18.0 Å². The number of amides is 1. The zero-order chi connectivity index (χ0) is 19.4. The van der Waals surface area contributed by atoms with Gasteiger partial charge in [-0.3, -0.25) is 4.79 Å². The van der Waals surface area contributed by atoms with E-state index in [1.54, 1.807) is 6.07 Å². The summed E-state index contributed by atoms with van der Waals surface area (Å²) in [5, 5.41) is 3.73. The van der Waals surface area contributed by atoms with Crippen LogP contribution in [0.2, 0.25) is 5.02 Å². The molecule has 1 amide bonds. The van der Waals surface area contributed by atoms with E-state index < -0.39 is 5.91 Å². The van der Waals surface area contributed by atoms with Crippen LogP contribution < -0.4 is 15.8 Å². The topological polar surface area (TPSA) is 90.1 Å². The minimum Gasteiger partial charge on any atom is -0.457 e. The SMILES string of the molecule is Cc1ccc(Oc2ccc(Cl)cc2CNc2cc(C(N)=O)ncn2)cc1C. The summed E-state index contributed by atoms with van der Waals surface area (Å²) in [5.41, 5.74) is 8.60. The van der Waals surface area contributed by atoms with Gasteiger partial charge in [0, 0.05) is 23.2 Å². The smallest absolute Gasteiger partial charge is 0.267 e. The molecule has 3 rings (SSSR count). The number of hydrogen-bond acceptors (Lipinski definition) is 5. The Kier molecular flexibility index (Phi) is 5.57. The first kappa shape index (κ1) is 18.7. The molecule has 0 aliphatic carbocycles. The second kappa shape index (κ2) is 8.05. The third-order valence-corrected chi connectivity index (χ3v) is 4.34. The molecule has 2 aromatic carbocycles. The van der Waals surface area contributed by atoms with Crippen molar-refractivity contribution in [2.75, 3.05) is 5.32 Å². The number of nitrogens with two attached hydrogens (primary N) is 1. The Hall–Kier alpha value is -3.12. The van der Waals surface area contributed by atoms with Gasteiger partial charge in [0.05, 0.1) is 0 Å². The largest absolute Gasteiger partial charge is 0.457 e. The highest BCUT2D eigenvalue weighted by Crippen LogP contribution is 2.29. The van der Waals surface area contributed by atoms with Gasteiger partial charge >= 0.3 is 0 Å². The van der Waals surface area contributed by atoms with Gasteiger partial charge in [0.1, 0.15) is 29.3 Å². The fourth-order valence-corrected chi connectivity index (χ4v) is 2.66. The van der Waals surface area contributed by atoms with Crippen LogP contribution in [0.4, 0.5) is 5.82 Å². The number of rotatable bonds is 6. The predicted molar refractivity (Wildman–Crippen MR) is 105 cm³/mol. The Morgan fingerprint density at radius 1 is 1.11 bits per heavy atom. The number of halogens is 1. The van der Waals surface area contributed by atoms with Crippen molar-refractivity contribution in [1.82, 2.24) is 9.97 Å². The summed E-state index contributed by atoms with van der Waals surface area (Å²) >= 11 is 6.14. The number of aromatic nitrogens is 2. The number of primary amides is 1. The lowest BCUT2D eigenvalue weighted by atomic mass is 10.1. The molecule has 0 radical (unpaired) electrons. The highest BCUT2D eigenvalue weighted by Gasteiger charge is 2.09.